The summed E-state index contributed by atoms with van der Waals surface area (Å²) in [5.41, 5.74) is -1.18. The zero-order valence-electron chi connectivity index (χ0n) is 18.8. The number of aryl methyl sites for hydroxylation is 1. The molecule has 1 aromatic rings. The molecule has 0 spiro atoms. The second-order valence-electron chi connectivity index (χ2n) is 9.23. The molecule has 1 aliphatic heterocycles. The fraction of sp³-hybridized carbons (Fsp3) is 0.545. The number of Topliss-reactive ketones (excluding diaryl/α,β-unsaturated/α-hetero) is 1. The smallest absolute Gasteiger partial charge is 0.418 e. The van der Waals surface area contributed by atoms with Crippen LogP contribution in [-0.4, -0.2) is 46.3 Å². The molecule has 1 saturated heterocycles. The van der Waals surface area contributed by atoms with Gasteiger partial charge in [-0.3, -0.25) is 14.4 Å². The molecule has 1 fully saturated rings. The number of nitrogens with zero attached hydrogens (tertiary/aromatic N) is 1. The minimum absolute atomic E-state index is 0.148. The number of hydrogen-bond donors (Lipinski definition) is 1. The monoisotopic (exact) mass is 418 g/mol. The van der Waals surface area contributed by atoms with Gasteiger partial charge in [0.15, 0.2) is 17.4 Å². The van der Waals surface area contributed by atoms with Crippen LogP contribution < -0.4 is 10.1 Å². The maximum absolute atomic E-state index is 13.2. The Labute approximate surface area is 176 Å². The Kier molecular flexibility index (Phi) is 6.30. The average Bonchev–Trinajstić information content (AvgIpc) is 2.78. The summed E-state index contributed by atoms with van der Waals surface area (Å²) >= 11 is 0. The first kappa shape index (κ1) is 23.4. The van der Waals surface area contributed by atoms with Gasteiger partial charge in [0.05, 0.1) is 11.8 Å². The molecule has 164 valence electrons. The van der Waals surface area contributed by atoms with Crippen LogP contribution in [-0.2, 0) is 19.1 Å². The first-order chi connectivity index (χ1) is 13.6. The van der Waals surface area contributed by atoms with Crippen molar-refractivity contribution in [3.8, 4) is 5.75 Å². The number of carbonyl (C=O) groups excluding carboxylic acids is 4. The van der Waals surface area contributed by atoms with Crippen molar-refractivity contribution < 1.29 is 28.7 Å². The highest BCUT2D eigenvalue weighted by atomic mass is 16.6. The lowest BCUT2D eigenvalue weighted by atomic mass is 9.85. The summed E-state index contributed by atoms with van der Waals surface area (Å²) in [5, 5.41) is 2.66. The van der Waals surface area contributed by atoms with Crippen molar-refractivity contribution in [2.24, 2.45) is 5.41 Å². The van der Waals surface area contributed by atoms with Gasteiger partial charge in [-0.05, 0) is 52.3 Å². The maximum Gasteiger partial charge on any atom is 0.418 e. The Balaban J connectivity index is 2.46. The second kappa shape index (κ2) is 8.08. The zero-order chi connectivity index (χ0) is 23.0. The lowest BCUT2D eigenvalue weighted by Crippen LogP contribution is -2.55. The van der Waals surface area contributed by atoms with Crippen LogP contribution in [0.25, 0.3) is 0 Å². The molecule has 8 heteroatoms. The molecule has 1 heterocycles. The maximum atomic E-state index is 13.2. The quantitative estimate of drug-likeness (QED) is 0.710. The zero-order valence-corrected chi connectivity index (χ0v) is 18.8. The normalized spacial score (nSPS) is 17.0. The number of nitrogens with one attached hydrogen (secondary N) is 1. The van der Waals surface area contributed by atoms with E-state index in [1.807, 2.05) is 20.8 Å². The van der Waals surface area contributed by atoms with Gasteiger partial charge in [0, 0.05) is 5.41 Å². The van der Waals surface area contributed by atoms with Crippen molar-refractivity contribution in [1.82, 2.24) is 4.90 Å². The number of cyclic esters (lactones) is 1. The van der Waals surface area contributed by atoms with E-state index in [4.69, 9.17) is 9.47 Å². The number of ether oxygens (including phenoxy) is 2. The van der Waals surface area contributed by atoms with E-state index < -0.39 is 40.7 Å². The van der Waals surface area contributed by atoms with Gasteiger partial charge in [-0.25, -0.2) is 9.69 Å². The van der Waals surface area contributed by atoms with Crippen molar-refractivity contribution in [2.75, 3.05) is 5.32 Å². The molecule has 2 rings (SSSR count). The number of imide groups is 1. The first-order valence-electron chi connectivity index (χ1n) is 9.84. The van der Waals surface area contributed by atoms with Crippen molar-refractivity contribution in [3.05, 3.63) is 23.8 Å². The van der Waals surface area contributed by atoms with E-state index >= 15 is 0 Å². The van der Waals surface area contributed by atoms with E-state index in [9.17, 15) is 19.2 Å². The van der Waals surface area contributed by atoms with Gasteiger partial charge in [-0.15, -0.1) is 0 Å². The van der Waals surface area contributed by atoms with Crippen LogP contribution >= 0.6 is 0 Å². The van der Waals surface area contributed by atoms with Crippen molar-refractivity contribution >= 4 is 29.4 Å². The standard InChI is InChI=1S/C22H30N2O6/c1-12(2)29-15-11-13(3)9-10-14(15)23-18(26)16(17(25)21(4,5)6)24-19(27)22(7,8)30-20(24)28/h9-12,16H,1-8H3,(H,23,26). The van der Waals surface area contributed by atoms with Crippen LogP contribution in [0.4, 0.5) is 10.5 Å². The van der Waals surface area contributed by atoms with Gasteiger partial charge in [0.2, 0.25) is 0 Å². The molecule has 1 aromatic carbocycles. The van der Waals surface area contributed by atoms with E-state index in [0.29, 0.717) is 16.3 Å². The lowest BCUT2D eigenvalue weighted by molar-refractivity contribution is -0.145. The number of hydrogen-bond acceptors (Lipinski definition) is 6. The molecule has 1 atom stereocenters. The van der Waals surface area contributed by atoms with Crippen LogP contribution in [0, 0.1) is 12.3 Å². The van der Waals surface area contributed by atoms with Crippen LogP contribution in [0.2, 0.25) is 0 Å². The van der Waals surface area contributed by atoms with Crippen LogP contribution in [0.15, 0.2) is 18.2 Å². The molecular weight excluding hydrogens is 388 g/mol. The number of rotatable bonds is 6. The lowest BCUT2D eigenvalue weighted by Gasteiger charge is -2.28. The summed E-state index contributed by atoms with van der Waals surface area (Å²) in [7, 11) is 0. The van der Waals surface area contributed by atoms with E-state index in [-0.39, 0.29) is 6.10 Å². The van der Waals surface area contributed by atoms with Crippen molar-refractivity contribution in [2.45, 2.75) is 73.1 Å². The number of benzene rings is 1. The predicted molar refractivity (Wildman–Crippen MR) is 111 cm³/mol. The first-order valence-corrected chi connectivity index (χ1v) is 9.84. The highest BCUT2D eigenvalue weighted by Crippen LogP contribution is 2.31. The molecule has 1 unspecified atom stereocenters. The number of carbonyl (C=O) groups is 4. The Morgan fingerprint density at radius 3 is 2.23 bits per heavy atom. The third-order valence-electron chi connectivity index (χ3n) is 4.52. The molecule has 0 saturated carbocycles. The molecule has 30 heavy (non-hydrogen) atoms. The summed E-state index contributed by atoms with van der Waals surface area (Å²) in [6, 6.07) is 3.52. The van der Waals surface area contributed by atoms with Gasteiger partial charge >= 0.3 is 6.09 Å². The van der Waals surface area contributed by atoms with Crippen molar-refractivity contribution in [3.63, 3.8) is 0 Å². The summed E-state index contributed by atoms with van der Waals surface area (Å²) in [4.78, 5) is 52.1. The Hall–Kier alpha value is -2.90. The summed E-state index contributed by atoms with van der Waals surface area (Å²) in [5.74, 6) is -1.71. The topological polar surface area (TPSA) is 102 Å². The van der Waals surface area contributed by atoms with E-state index in [2.05, 4.69) is 5.32 Å². The van der Waals surface area contributed by atoms with Crippen LogP contribution in [0.1, 0.15) is 54.0 Å². The molecule has 0 bridgehead atoms. The molecule has 1 N–H and O–H groups in total. The molecule has 3 amide bonds. The fourth-order valence-electron chi connectivity index (χ4n) is 2.96. The molecule has 0 aliphatic carbocycles. The third kappa shape index (κ3) is 4.80. The van der Waals surface area contributed by atoms with E-state index in [1.54, 1.807) is 39.0 Å². The summed E-state index contributed by atoms with van der Waals surface area (Å²) in [6.07, 6.45) is -1.17. The molecule has 8 nitrogen and oxygen atoms in total. The van der Waals surface area contributed by atoms with Crippen molar-refractivity contribution in [1.29, 1.82) is 0 Å². The molecule has 1 aliphatic rings. The number of anilines is 1. The molecule has 0 aromatic heterocycles. The molecule has 0 radical (unpaired) electrons. The van der Waals surface area contributed by atoms with Gasteiger partial charge in [-0.2, -0.15) is 0 Å². The second-order valence-corrected chi connectivity index (χ2v) is 9.23. The third-order valence-corrected chi connectivity index (χ3v) is 4.52. The van der Waals surface area contributed by atoms with E-state index in [0.717, 1.165) is 5.56 Å². The highest BCUT2D eigenvalue weighted by Gasteiger charge is 2.55. The van der Waals surface area contributed by atoms with Gasteiger partial charge in [0.25, 0.3) is 11.8 Å². The largest absolute Gasteiger partial charge is 0.489 e. The van der Waals surface area contributed by atoms with Gasteiger partial charge < -0.3 is 14.8 Å². The van der Waals surface area contributed by atoms with Gasteiger partial charge in [0.1, 0.15) is 5.75 Å². The number of ketones is 1. The Bertz CT molecular complexity index is 882. The number of amides is 3. The SMILES string of the molecule is Cc1ccc(NC(=O)C(C(=O)C(C)(C)C)N2C(=O)OC(C)(C)C2=O)c(OC(C)C)c1. The van der Waals surface area contributed by atoms with E-state index in [1.165, 1.54) is 13.8 Å². The minimum atomic E-state index is -1.67. The van der Waals surface area contributed by atoms with Crippen LogP contribution in [0.3, 0.4) is 0 Å². The summed E-state index contributed by atoms with van der Waals surface area (Å²) < 4.78 is 10.9. The molecular formula is C22H30N2O6. The van der Waals surface area contributed by atoms with Crippen LogP contribution in [0.5, 0.6) is 5.75 Å². The Morgan fingerprint density at radius 1 is 1.17 bits per heavy atom. The summed E-state index contributed by atoms with van der Waals surface area (Å²) in [6.45, 7) is 13.3. The average molecular weight is 418 g/mol. The predicted octanol–water partition coefficient (Wildman–Crippen LogP) is 3.46. The minimum Gasteiger partial charge on any atom is -0.489 e. The van der Waals surface area contributed by atoms with Gasteiger partial charge in [-0.1, -0.05) is 26.8 Å². The highest BCUT2D eigenvalue weighted by molar-refractivity contribution is 6.19. The fourth-order valence-corrected chi connectivity index (χ4v) is 2.96. The Morgan fingerprint density at radius 2 is 1.77 bits per heavy atom.